The van der Waals surface area contributed by atoms with Gasteiger partial charge in [0.2, 0.25) is 10.0 Å². The first-order valence-electron chi connectivity index (χ1n) is 6.60. The summed E-state index contributed by atoms with van der Waals surface area (Å²) in [5.41, 5.74) is 0.427. The van der Waals surface area contributed by atoms with Gasteiger partial charge in [0.25, 0.3) is 0 Å². The van der Waals surface area contributed by atoms with Gasteiger partial charge in [0.15, 0.2) is 0 Å². The molecule has 0 aromatic heterocycles. The highest BCUT2D eigenvalue weighted by molar-refractivity contribution is 14.1. The largest absolute Gasteiger partial charge is 0.361 e. The minimum absolute atomic E-state index is 0.00442. The lowest BCUT2D eigenvalue weighted by atomic mass is 9.94. The Kier molecular flexibility index (Phi) is 2.83. The number of benzene rings is 1. The van der Waals surface area contributed by atoms with Crippen molar-refractivity contribution in [2.45, 2.75) is 29.9 Å². The molecule has 0 unspecified atom stereocenters. The molecule has 3 aliphatic heterocycles. The van der Waals surface area contributed by atoms with E-state index in [4.69, 9.17) is 4.74 Å². The molecule has 0 saturated carbocycles. The average Bonchev–Trinajstić information content (AvgIpc) is 3.03. The van der Waals surface area contributed by atoms with Crippen LogP contribution in [0.3, 0.4) is 0 Å². The van der Waals surface area contributed by atoms with Gasteiger partial charge in [-0.25, -0.2) is 8.42 Å². The summed E-state index contributed by atoms with van der Waals surface area (Å²) in [6.07, 6.45) is 4.55. The van der Waals surface area contributed by atoms with E-state index in [1.165, 1.54) is 0 Å². The second kappa shape index (κ2) is 4.28. The molecule has 4 nitrogen and oxygen atoms in total. The molecule has 0 N–H and O–H groups in total. The third-order valence-corrected chi connectivity index (χ3v) is 7.38. The summed E-state index contributed by atoms with van der Waals surface area (Å²) in [7, 11) is -3.26. The monoisotopic (exact) mass is 403 g/mol. The molecular weight excluding hydrogens is 389 g/mol. The molecule has 1 aromatic carbocycles. The summed E-state index contributed by atoms with van der Waals surface area (Å²) in [6.45, 7) is 0.873. The molecule has 6 heteroatoms. The molecule has 20 heavy (non-hydrogen) atoms. The van der Waals surface area contributed by atoms with Crippen molar-refractivity contribution in [3.8, 4) is 0 Å². The van der Waals surface area contributed by atoms with Crippen molar-refractivity contribution >= 4 is 32.6 Å². The lowest BCUT2D eigenvalue weighted by molar-refractivity contribution is 0.0298. The first-order valence-corrected chi connectivity index (χ1v) is 9.18. The highest BCUT2D eigenvalue weighted by Crippen LogP contribution is 2.48. The van der Waals surface area contributed by atoms with E-state index < -0.39 is 20.9 Å². The minimum Gasteiger partial charge on any atom is -0.361 e. The Morgan fingerprint density at radius 2 is 2.10 bits per heavy atom. The Morgan fingerprint density at radius 1 is 1.35 bits per heavy atom. The second-order valence-electron chi connectivity index (χ2n) is 5.63. The van der Waals surface area contributed by atoms with Crippen LogP contribution in [0.2, 0.25) is 0 Å². The van der Waals surface area contributed by atoms with E-state index in [1.54, 1.807) is 4.31 Å². The number of halogens is 1. The van der Waals surface area contributed by atoms with E-state index in [2.05, 4.69) is 22.6 Å². The van der Waals surface area contributed by atoms with Crippen molar-refractivity contribution in [3.63, 3.8) is 0 Å². The molecule has 0 radical (unpaired) electrons. The minimum atomic E-state index is -3.26. The molecule has 4 rings (SSSR count). The Labute approximate surface area is 132 Å². The van der Waals surface area contributed by atoms with Crippen LogP contribution in [0.15, 0.2) is 36.4 Å². The zero-order valence-corrected chi connectivity index (χ0v) is 13.7. The first-order chi connectivity index (χ1) is 9.49. The smallest absolute Gasteiger partial charge is 0.220 e. The van der Waals surface area contributed by atoms with Gasteiger partial charge in [0.05, 0.1) is 6.10 Å². The van der Waals surface area contributed by atoms with Crippen LogP contribution in [-0.4, -0.2) is 36.2 Å². The second-order valence-corrected chi connectivity index (χ2v) is 9.00. The number of nitrogens with zero attached hydrogens (tertiary/aromatic N) is 1. The molecule has 0 aliphatic carbocycles. The van der Waals surface area contributed by atoms with Crippen LogP contribution in [0.25, 0.3) is 0 Å². The molecule has 0 amide bonds. The van der Waals surface area contributed by atoms with E-state index >= 15 is 0 Å². The lowest BCUT2D eigenvalue weighted by Gasteiger charge is -2.19. The number of hydrogen-bond donors (Lipinski definition) is 0. The predicted molar refractivity (Wildman–Crippen MR) is 83.6 cm³/mol. The fourth-order valence-electron chi connectivity index (χ4n) is 3.40. The molecule has 106 valence electrons. The highest BCUT2D eigenvalue weighted by Gasteiger charge is 2.63. The number of ether oxygens (including phenoxy) is 1. The van der Waals surface area contributed by atoms with Gasteiger partial charge in [-0.15, -0.1) is 0 Å². The normalized spacial score (nSPS) is 37.5. The van der Waals surface area contributed by atoms with Crippen molar-refractivity contribution in [2.24, 2.45) is 0 Å². The van der Waals surface area contributed by atoms with E-state index in [0.29, 0.717) is 19.5 Å². The topological polar surface area (TPSA) is 46.6 Å². The van der Waals surface area contributed by atoms with Crippen molar-refractivity contribution in [1.29, 1.82) is 0 Å². The summed E-state index contributed by atoms with van der Waals surface area (Å²) in [6, 6.07) is 7.97. The van der Waals surface area contributed by atoms with Crippen LogP contribution in [0.1, 0.15) is 12.0 Å². The van der Waals surface area contributed by atoms with Crippen LogP contribution < -0.4 is 0 Å². The van der Waals surface area contributed by atoms with Gasteiger partial charge in [0, 0.05) is 16.7 Å². The fourth-order valence-corrected chi connectivity index (χ4v) is 5.98. The molecule has 3 aliphatic rings. The van der Waals surface area contributed by atoms with E-state index in [9.17, 15) is 8.42 Å². The highest BCUT2D eigenvalue weighted by atomic mass is 127. The summed E-state index contributed by atoms with van der Waals surface area (Å²) in [5, 5.41) is -0.395. The van der Waals surface area contributed by atoms with E-state index in [0.717, 1.165) is 9.13 Å². The number of rotatable bonds is 2. The molecule has 2 saturated heterocycles. The molecule has 1 spiro atoms. The van der Waals surface area contributed by atoms with Gasteiger partial charge in [-0.1, -0.05) is 24.3 Å². The zero-order chi connectivity index (χ0) is 14.0. The summed E-state index contributed by atoms with van der Waals surface area (Å²) < 4.78 is 33.9. The third-order valence-electron chi connectivity index (χ3n) is 4.37. The predicted octanol–water partition coefficient (Wildman–Crippen LogP) is 1.90. The maximum absolute atomic E-state index is 12.6. The number of hydrogen-bond acceptors (Lipinski definition) is 3. The van der Waals surface area contributed by atoms with Gasteiger partial charge in [-0.2, -0.15) is 4.31 Å². The molecular formula is C14H14INO3S. The van der Waals surface area contributed by atoms with E-state index in [1.807, 2.05) is 36.4 Å². The molecule has 3 heterocycles. The zero-order valence-electron chi connectivity index (χ0n) is 10.7. The third kappa shape index (κ3) is 1.81. The van der Waals surface area contributed by atoms with Crippen molar-refractivity contribution < 1.29 is 13.2 Å². The van der Waals surface area contributed by atoms with Gasteiger partial charge >= 0.3 is 0 Å². The van der Waals surface area contributed by atoms with Crippen LogP contribution in [0, 0.1) is 3.57 Å². The summed E-state index contributed by atoms with van der Waals surface area (Å²) >= 11 is 2.24. The maximum Gasteiger partial charge on any atom is 0.220 e. The fraction of sp³-hybridized carbons (Fsp3) is 0.429. The SMILES string of the molecule is O=S1(=O)[C@H]2C[C@@H]3C=C[C@@]2(CN1Cc1ccc(I)cc1)O3. The van der Waals surface area contributed by atoms with Gasteiger partial charge in [-0.05, 0) is 46.7 Å². The average molecular weight is 403 g/mol. The molecule has 2 fully saturated rings. The standard InChI is InChI=1S/C14H14INO3S/c15-11-3-1-10(2-4-11)8-16-9-14-6-5-12(19-14)7-13(14)20(16,17)18/h1-6,12-13H,7-9H2/t12-,13-,14-/m0/s1. The van der Waals surface area contributed by atoms with Crippen molar-refractivity contribution in [1.82, 2.24) is 4.31 Å². The maximum atomic E-state index is 12.6. The van der Waals surface area contributed by atoms with Crippen LogP contribution in [-0.2, 0) is 21.3 Å². The van der Waals surface area contributed by atoms with Crippen LogP contribution in [0.5, 0.6) is 0 Å². The van der Waals surface area contributed by atoms with Gasteiger partial charge in [-0.3, -0.25) is 0 Å². The van der Waals surface area contributed by atoms with E-state index in [-0.39, 0.29) is 6.10 Å². The van der Waals surface area contributed by atoms with Gasteiger partial charge in [0.1, 0.15) is 10.9 Å². The lowest BCUT2D eigenvalue weighted by Crippen LogP contribution is -2.36. The Morgan fingerprint density at radius 3 is 2.75 bits per heavy atom. The van der Waals surface area contributed by atoms with Crippen molar-refractivity contribution in [2.75, 3.05) is 6.54 Å². The molecule has 3 atom stereocenters. The summed E-state index contributed by atoms with van der Waals surface area (Å²) in [5.74, 6) is 0. The Bertz CT molecular complexity index is 685. The van der Waals surface area contributed by atoms with Gasteiger partial charge < -0.3 is 4.74 Å². The first kappa shape index (κ1) is 13.2. The van der Waals surface area contributed by atoms with Crippen molar-refractivity contribution in [3.05, 3.63) is 45.6 Å². The number of fused-ring (bicyclic) bond motifs is 1. The molecule has 2 bridgehead atoms. The Balaban J connectivity index is 1.64. The Hall–Kier alpha value is -0.440. The summed E-state index contributed by atoms with van der Waals surface area (Å²) in [4.78, 5) is 0. The number of sulfonamides is 1. The van der Waals surface area contributed by atoms with Crippen LogP contribution >= 0.6 is 22.6 Å². The quantitative estimate of drug-likeness (QED) is 0.560. The van der Waals surface area contributed by atoms with Crippen LogP contribution in [0.4, 0.5) is 0 Å². The molecule has 1 aromatic rings.